The highest BCUT2D eigenvalue weighted by molar-refractivity contribution is 6.31. The van der Waals surface area contributed by atoms with Crippen molar-refractivity contribution >= 4 is 23.3 Å². The van der Waals surface area contributed by atoms with Crippen LogP contribution in [0.3, 0.4) is 0 Å². The van der Waals surface area contributed by atoms with Gasteiger partial charge in [0, 0.05) is 68.0 Å². The fourth-order valence-corrected chi connectivity index (χ4v) is 4.53. The van der Waals surface area contributed by atoms with Crippen molar-refractivity contribution in [3.8, 4) is 29.7 Å². The molecule has 0 spiro atoms. The maximum atomic E-state index is 13.2. The first kappa shape index (κ1) is 27.7. The van der Waals surface area contributed by atoms with Crippen LogP contribution in [0, 0.1) is 12.8 Å². The zero-order valence-electron chi connectivity index (χ0n) is 20.4. The largest absolute Gasteiger partial charge is 0.479 e. The highest BCUT2D eigenvalue weighted by atomic mass is 35.5. The summed E-state index contributed by atoms with van der Waals surface area (Å²) in [5.74, 6) is 1.13. The second kappa shape index (κ2) is 14.0. The van der Waals surface area contributed by atoms with Gasteiger partial charge in [-0.3, -0.25) is 9.69 Å². The third-order valence-electron chi connectivity index (χ3n) is 6.03. The van der Waals surface area contributed by atoms with E-state index in [2.05, 4.69) is 22.7 Å². The van der Waals surface area contributed by atoms with E-state index in [9.17, 15) is 4.79 Å². The smallest absolute Gasteiger partial charge is 0.264 e. The summed E-state index contributed by atoms with van der Waals surface area (Å²) in [6.45, 7) is 6.65. The maximum absolute atomic E-state index is 13.2. The number of amides is 1. The van der Waals surface area contributed by atoms with Gasteiger partial charge in [-0.1, -0.05) is 11.6 Å². The van der Waals surface area contributed by atoms with Gasteiger partial charge in [0.1, 0.15) is 11.6 Å². The predicted molar refractivity (Wildman–Crippen MR) is 141 cm³/mol. The third kappa shape index (κ3) is 7.32. The van der Waals surface area contributed by atoms with Crippen molar-refractivity contribution in [2.24, 2.45) is 5.73 Å². The summed E-state index contributed by atoms with van der Waals surface area (Å²) in [6.07, 6.45) is 9.60. The standard InChI is InChI=1S/C24H32ClN5O4.C2H2/c25-19-13-18-14-21(34-23(18)20(16-19)17-1-3-28-22(27)15-17)24(31)30-6-4-29(5-7-30)8-10-33-12-11-32-9-2-26;1-2/h1,3,13,15-16,21H,2,4-12,14,26H2,(H2,27,28);1-2H. The van der Waals surface area contributed by atoms with Crippen LogP contribution < -0.4 is 16.2 Å². The number of nitrogens with zero attached hydrogens (tertiary/aromatic N) is 3. The lowest BCUT2D eigenvalue weighted by molar-refractivity contribution is -0.139. The molecular formula is C26H34ClN5O4. The summed E-state index contributed by atoms with van der Waals surface area (Å²) in [7, 11) is 0. The number of nitrogens with two attached hydrogens (primary N) is 2. The Kier molecular flexibility index (Phi) is 10.8. The van der Waals surface area contributed by atoms with Gasteiger partial charge in [-0.15, -0.1) is 12.8 Å². The van der Waals surface area contributed by atoms with Gasteiger partial charge in [-0.25, -0.2) is 4.98 Å². The van der Waals surface area contributed by atoms with Crippen LogP contribution in [0.2, 0.25) is 5.02 Å². The Labute approximate surface area is 217 Å². The minimum absolute atomic E-state index is 0.0143. The molecule has 1 unspecified atom stereocenters. The number of benzene rings is 1. The van der Waals surface area contributed by atoms with Gasteiger partial charge in [0.2, 0.25) is 0 Å². The quantitative estimate of drug-likeness (QED) is 0.362. The fourth-order valence-electron chi connectivity index (χ4n) is 4.29. The van der Waals surface area contributed by atoms with Crippen molar-refractivity contribution in [1.29, 1.82) is 0 Å². The van der Waals surface area contributed by atoms with Gasteiger partial charge in [0.25, 0.3) is 5.91 Å². The van der Waals surface area contributed by atoms with Crippen molar-refractivity contribution in [3.05, 3.63) is 41.0 Å². The summed E-state index contributed by atoms with van der Waals surface area (Å²) < 4.78 is 17.1. The van der Waals surface area contributed by atoms with E-state index in [1.807, 2.05) is 23.1 Å². The van der Waals surface area contributed by atoms with Crippen molar-refractivity contribution in [2.75, 3.05) is 71.4 Å². The Balaban J connectivity index is 0.00000176. The molecule has 1 aromatic heterocycles. The SMILES string of the molecule is C#C.NCCOCCOCCN1CCN(C(=O)C2Cc3cc(Cl)cc(-c4ccnc(N)c4)c3O2)CC1. The molecule has 4 rings (SSSR count). The first-order valence-corrected chi connectivity index (χ1v) is 12.3. The average Bonchev–Trinajstić information content (AvgIpc) is 3.33. The number of aromatic nitrogens is 1. The average molecular weight is 516 g/mol. The number of ether oxygens (including phenoxy) is 3. The normalized spacial score (nSPS) is 17.1. The molecule has 9 nitrogen and oxygen atoms in total. The summed E-state index contributed by atoms with van der Waals surface area (Å²) in [6, 6.07) is 7.35. The van der Waals surface area contributed by atoms with E-state index in [-0.39, 0.29) is 5.91 Å². The van der Waals surface area contributed by atoms with E-state index in [1.165, 1.54) is 0 Å². The van der Waals surface area contributed by atoms with E-state index in [4.69, 9.17) is 37.3 Å². The Morgan fingerprint density at radius 1 is 1.11 bits per heavy atom. The molecule has 0 aliphatic carbocycles. The molecule has 0 bridgehead atoms. The summed E-state index contributed by atoms with van der Waals surface area (Å²) in [5, 5.41) is 0.600. The van der Waals surface area contributed by atoms with Crippen LogP contribution in [0.1, 0.15) is 5.56 Å². The Morgan fingerprint density at radius 2 is 1.83 bits per heavy atom. The van der Waals surface area contributed by atoms with Crippen LogP contribution in [0.5, 0.6) is 5.75 Å². The molecule has 2 aliphatic rings. The number of terminal acetylenes is 1. The van der Waals surface area contributed by atoms with Crippen LogP contribution in [-0.2, 0) is 20.7 Å². The number of nitrogen functional groups attached to an aromatic ring is 1. The van der Waals surface area contributed by atoms with Crippen molar-refractivity contribution < 1.29 is 19.0 Å². The molecule has 1 fully saturated rings. The summed E-state index contributed by atoms with van der Waals surface area (Å²) >= 11 is 6.37. The number of hydrogen-bond donors (Lipinski definition) is 2. The molecule has 2 aliphatic heterocycles. The lowest BCUT2D eigenvalue weighted by Gasteiger charge is -2.35. The third-order valence-corrected chi connectivity index (χ3v) is 6.25. The van der Waals surface area contributed by atoms with Crippen molar-refractivity contribution in [2.45, 2.75) is 12.5 Å². The van der Waals surface area contributed by atoms with Gasteiger partial charge >= 0.3 is 0 Å². The molecule has 36 heavy (non-hydrogen) atoms. The molecule has 2 aromatic rings. The highest BCUT2D eigenvalue weighted by Crippen LogP contribution is 2.41. The zero-order valence-corrected chi connectivity index (χ0v) is 21.2. The second-order valence-corrected chi connectivity index (χ2v) is 8.84. The topological polar surface area (TPSA) is 116 Å². The number of pyridine rings is 1. The van der Waals surface area contributed by atoms with Gasteiger partial charge in [0.05, 0.1) is 26.4 Å². The van der Waals surface area contributed by atoms with E-state index < -0.39 is 6.10 Å². The number of carbonyl (C=O) groups excluding carboxylic acids is 1. The van der Waals surface area contributed by atoms with Gasteiger partial charge < -0.3 is 30.6 Å². The Morgan fingerprint density at radius 3 is 2.53 bits per heavy atom. The molecule has 3 heterocycles. The molecule has 1 saturated heterocycles. The van der Waals surface area contributed by atoms with Crippen LogP contribution in [-0.4, -0.2) is 92.5 Å². The summed E-state index contributed by atoms with van der Waals surface area (Å²) in [5.41, 5.74) is 13.9. The summed E-state index contributed by atoms with van der Waals surface area (Å²) in [4.78, 5) is 21.5. The highest BCUT2D eigenvalue weighted by Gasteiger charge is 2.35. The van der Waals surface area contributed by atoms with E-state index in [0.717, 1.165) is 36.3 Å². The first-order valence-electron chi connectivity index (χ1n) is 12.0. The Hall–Kier alpha value is -2.87. The Bertz CT molecular complexity index is 1030. The number of hydrogen-bond acceptors (Lipinski definition) is 8. The molecule has 4 N–H and O–H groups in total. The van der Waals surface area contributed by atoms with Gasteiger partial charge in [0.15, 0.2) is 6.10 Å². The number of anilines is 1. The molecule has 1 amide bonds. The second-order valence-electron chi connectivity index (χ2n) is 8.40. The first-order chi connectivity index (χ1) is 17.5. The number of carbonyl (C=O) groups is 1. The molecule has 10 heteroatoms. The van der Waals surface area contributed by atoms with Crippen LogP contribution >= 0.6 is 11.6 Å². The minimum atomic E-state index is -0.546. The molecular weight excluding hydrogens is 482 g/mol. The van der Waals surface area contributed by atoms with E-state index in [0.29, 0.717) is 69.1 Å². The molecule has 194 valence electrons. The van der Waals surface area contributed by atoms with Gasteiger partial charge in [-0.05, 0) is 29.8 Å². The van der Waals surface area contributed by atoms with Crippen molar-refractivity contribution in [1.82, 2.24) is 14.8 Å². The number of halogens is 1. The van der Waals surface area contributed by atoms with E-state index in [1.54, 1.807) is 12.3 Å². The van der Waals surface area contributed by atoms with Crippen LogP contribution in [0.15, 0.2) is 30.5 Å². The number of rotatable bonds is 10. The number of fused-ring (bicyclic) bond motifs is 1. The number of piperazine rings is 1. The lowest BCUT2D eigenvalue weighted by Crippen LogP contribution is -2.52. The maximum Gasteiger partial charge on any atom is 0.264 e. The molecule has 1 atom stereocenters. The van der Waals surface area contributed by atoms with Crippen molar-refractivity contribution in [3.63, 3.8) is 0 Å². The fraction of sp³-hybridized carbons (Fsp3) is 0.462. The zero-order chi connectivity index (χ0) is 25.9. The molecule has 0 saturated carbocycles. The lowest BCUT2D eigenvalue weighted by atomic mass is 10.0. The van der Waals surface area contributed by atoms with E-state index >= 15 is 0 Å². The van der Waals surface area contributed by atoms with Crippen LogP contribution in [0.25, 0.3) is 11.1 Å². The van der Waals surface area contributed by atoms with Gasteiger partial charge in [-0.2, -0.15) is 0 Å². The monoisotopic (exact) mass is 515 g/mol. The molecule has 1 aromatic carbocycles. The minimum Gasteiger partial charge on any atom is -0.479 e. The van der Waals surface area contributed by atoms with Crippen LogP contribution in [0.4, 0.5) is 5.82 Å². The molecule has 0 radical (unpaired) electrons. The predicted octanol–water partition coefficient (Wildman–Crippen LogP) is 1.67.